The van der Waals surface area contributed by atoms with Crippen LogP contribution in [0.5, 0.6) is 0 Å². The van der Waals surface area contributed by atoms with Crippen molar-refractivity contribution in [2.24, 2.45) is 0 Å². The van der Waals surface area contributed by atoms with E-state index in [1.54, 1.807) is 0 Å². The maximum Gasteiger partial charge on any atom is 0.0726 e. The van der Waals surface area contributed by atoms with Crippen molar-refractivity contribution in [3.05, 3.63) is 29.6 Å². The smallest absolute Gasteiger partial charge is 0.0726 e. The molecule has 2 unspecified atom stereocenters. The van der Waals surface area contributed by atoms with Crippen LogP contribution in [-0.2, 0) is 11.3 Å². The minimum Gasteiger partial charge on any atom is -0.377 e. The van der Waals surface area contributed by atoms with Crippen LogP contribution in [0.1, 0.15) is 31.2 Å². The molecule has 1 aromatic heterocycles. The Hall–Kier alpha value is -0.970. The van der Waals surface area contributed by atoms with Gasteiger partial charge in [-0.05, 0) is 45.9 Å². The van der Waals surface area contributed by atoms with Crippen LogP contribution < -0.4 is 5.32 Å². The van der Waals surface area contributed by atoms with Gasteiger partial charge in [-0.15, -0.1) is 0 Å². The highest BCUT2D eigenvalue weighted by molar-refractivity contribution is 5.09. The number of aromatic nitrogens is 1. The van der Waals surface area contributed by atoms with Crippen molar-refractivity contribution in [1.29, 1.82) is 0 Å². The molecule has 1 aliphatic heterocycles. The lowest BCUT2D eigenvalue weighted by Gasteiger charge is -2.22. The van der Waals surface area contributed by atoms with E-state index in [1.165, 1.54) is 12.8 Å². The largest absolute Gasteiger partial charge is 0.377 e. The van der Waals surface area contributed by atoms with Gasteiger partial charge < -0.3 is 10.1 Å². The third-order valence-corrected chi connectivity index (χ3v) is 3.86. The van der Waals surface area contributed by atoms with Gasteiger partial charge in [0.15, 0.2) is 0 Å². The second kappa shape index (κ2) is 7.72. The number of pyridine rings is 1. The van der Waals surface area contributed by atoms with Gasteiger partial charge in [-0.2, -0.15) is 0 Å². The van der Waals surface area contributed by atoms with E-state index in [4.69, 9.17) is 4.74 Å². The zero-order valence-electron chi connectivity index (χ0n) is 12.9. The number of aryl methyl sites for hydroxylation is 1. The molecule has 2 rings (SSSR count). The van der Waals surface area contributed by atoms with Crippen LogP contribution >= 0.6 is 0 Å². The molecule has 0 radical (unpaired) electrons. The quantitative estimate of drug-likeness (QED) is 0.827. The Morgan fingerprint density at radius 3 is 3.05 bits per heavy atom. The summed E-state index contributed by atoms with van der Waals surface area (Å²) in [5, 5.41) is 3.57. The lowest BCUT2D eigenvalue weighted by molar-refractivity contribution is 0.0829. The molecule has 0 spiro atoms. The van der Waals surface area contributed by atoms with Gasteiger partial charge in [0.25, 0.3) is 0 Å². The highest BCUT2D eigenvalue weighted by Crippen LogP contribution is 2.15. The van der Waals surface area contributed by atoms with Crippen molar-refractivity contribution < 1.29 is 4.74 Å². The van der Waals surface area contributed by atoms with Gasteiger partial charge in [0.2, 0.25) is 0 Å². The molecule has 1 fully saturated rings. The summed E-state index contributed by atoms with van der Waals surface area (Å²) in [5.74, 6) is 0. The molecule has 0 saturated carbocycles. The van der Waals surface area contributed by atoms with Crippen LogP contribution in [0.4, 0.5) is 0 Å². The van der Waals surface area contributed by atoms with Gasteiger partial charge in [0.05, 0.1) is 11.8 Å². The molecular weight excluding hydrogens is 250 g/mol. The molecule has 0 bridgehead atoms. The monoisotopic (exact) mass is 277 g/mol. The van der Waals surface area contributed by atoms with Crippen molar-refractivity contribution in [3.8, 4) is 0 Å². The summed E-state index contributed by atoms with van der Waals surface area (Å²) in [6, 6.07) is 6.65. The SMILES string of the molecule is Cc1cccc(CN(C)CCNC(C)C2CCCO2)n1. The molecular formula is C16H27N3O. The summed E-state index contributed by atoms with van der Waals surface area (Å²) < 4.78 is 5.69. The first kappa shape index (κ1) is 15.4. The second-order valence-electron chi connectivity index (χ2n) is 5.80. The summed E-state index contributed by atoms with van der Waals surface area (Å²) in [6.07, 6.45) is 2.80. The Bertz CT molecular complexity index is 404. The molecule has 4 nitrogen and oxygen atoms in total. The standard InChI is InChI=1S/C16H27N3O/c1-13-6-4-7-15(18-13)12-19(3)10-9-17-14(2)16-8-5-11-20-16/h4,6-7,14,16-17H,5,8-12H2,1-3H3. The van der Waals surface area contributed by atoms with Gasteiger partial charge in [0.1, 0.15) is 0 Å². The van der Waals surface area contributed by atoms with E-state index in [1.807, 2.05) is 13.0 Å². The van der Waals surface area contributed by atoms with Gasteiger partial charge in [0, 0.05) is 38.0 Å². The van der Waals surface area contributed by atoms with Crippen molar-refractivity contribution in [1.82, 2.24) is 15.2 Å². The number of hydrogen-bond donors (Lipinski definition) is 1. The molecule has 0 amide bonds. The minimum atomic E-state index is 0.402. The lowest BCUT2D eigenvalue weighted by Crippen LogP contribution is -2.40. The summed E-state index contributed by atoms with van der Waals surface area (Å²) in [4.78, 5) is 6.84. The van der Waals surface area contributed by atoms with Crippen molar-refractivity contribution >= 4 is 0 Å². The summed E-state index contributed by atoms with van der Waals surface area (Å²) in [7, 11) is 2.14. The van der Waals surface area contributed by atoms with E-state index in [2.05, 4.69) is 41.3 Å². The summed E-state index contributed by atoms with van der Waals surface area (Å²) in [5.41, 5.74) is 2.22. The Balaban J connectivity index is 1.65. The number of rotatable bonds is 7. The summed E-state index contributed by atoms with van der Waals surface area (Å²) >= 11 is 0. The number of hydrogen-bond acceptors (Lipinski definition) is 4. The topological polar surface area (TPSA) is 37.4 Å². The number of nitrogens with one attached hydrogen (secondary N) is 1. The van der Waals surface area contributed by atoms with Crippen molar-refractivity contribution in [2.75, 3.05) is 26.7 Å². The molecule has 2 atom stereocenters. The van der Waals surface area contributed by atoms with Crippen molar-refractivity contribution in [2.45, 2.75) is 45.4 Å². The fourth-order valence-corrected chi connectivity index (χ4v) is 2.65. The molecule has 2 heterocycles. The second-order valence-corrected chi connectivity index (χ2v) is 5.80. The molecule has 112 valence electrons. The van der Waals surface area contributed by atoms with Crippen molar-refractivity contribution in [3.63, 3.8) is 0 Å². The number of ether oxygens (including phenoxy) is 1. The first-order valence-electron chi connectivity index (χ1n) is 7.61. The molecule has 1 saturated heterocycles. The fraction of sp³-hybridized carbons (Fsp3) is 0.688. The zero-order chi connectivity index (χ0) is 14.4. The van der Waals surface area contributed by atoms with E-state index in [0.29, 0.717) is 12.1 Å². The van der Waals surface area contributed by atoms with Gasteiger partial charge >= 0.3 is 0 Å². The van der Waals surface area contributed by atoms with Gasteiger partial charge in [-0.3, -0.25) is 9.88 Å². The third-order valence-electron chi connectivity index (χ3n) is 3.86. The zero-order valence-corrected chi connectivity index (χ0v) is 12.9. The molecule has 1 N–H and O–H groups in total. The lowest BCUT2D eigenvalue weighted by atomic mass is 10.1. The average Bonchev–Trinajstić information content (AvgIpc) is 2.92. The molecule has 1 aromatic rings. The molecule has 4 heteroatoms. The molecule has 0 aromatic carbocycles. The fourth-order valence-electron chi connectivity index (χ4n) is 2.65. The van der Waals surface area contributed by atoms with Crippen LogP contribution in [0.15, 0.2) is 18.2 Å². The molecule has 0 aliphatic carbocycles. The Morgan fingerprint density at radius 2 is 2.35 bits per heavy atom. The first-order chi connectivity index (χ1) is 9.65. The Labute approximate surface area is 122 Å². The molecule has 20 heavy (non-hydrogen) atoms. The predicted molar refractivity (Wildman–Crippen MR) is 81.7 cm³/mol. The van der Waals surface area contributed by atoms with Crippen LogP contribution in [0.25, 0.3) is 0 Å². The highest BCUT2D eigenvalue weighted by Gasteiger charge is 2.21. The minimum absolute atomic E-state index is 0.402. The number of likely N-dealkylation sites (N-methyl/N-ethyl adjacent to an activating group) is 1. The Kier molecular flexibility index (Phi) is 5.95. The highest BCUT2D eigenvalue weighted by atomic mass is 16.5. The van der Waals surface area contributed by atoms with E-state index < -0.39 is 0 Å². The van der Waals surface area contributed by atoms with Crippen LogP contribution in [0.2, 0.25) is 0 Å². The van der Waals surface area contributed by atoms with Gasteiger partial charge in [-0.1, -0.05) is 6.07 Å². The Morgan fingerprint density at radius 1 is 1.50 bits per heavy atom. The predicted octanol–water partition coefficient (Wildman–Crippen LogP) is 1.98. The van der Waals surface area contributed by atoms with E-state index in [0.717, 1.165) is 37.6 Å². The number of nitrogens with zero attached hydrogens (tertiary/aromatic N) is 2. The van der Waals surface area contributed by atoms with Gasteiger partial charge in [-0.25, -0.2) is 0 Å². The normalized spacial score (nSPS) is 20.5. The average molecular weight is 277 g/mol. The summed E-state index contributed by atoms with van der Waals surface area (Å²) in [6.45, 7) is 8.09. The first-order valence-corrected chi connectivity index (χ1v) is 7.61. The van der Waals surface area contributed by atoms with E-state index in [-0.39, 0.29) is 0 Å². The van der Waals surface area contributed by atoms with Crippen LogP contribution in [0.3, 0.4) is 0 Å². The van der Waals surface area contributed by atoms with E-state index in [9.17, 15) is 0 Å². The maximum atomic E-state index is 5.69. The third kappa shape index (κ3) is 4.85. The maximum absolute atomic E-state index is 5.69. The molecule has 1 aliphatic rings. The van der Waals surface area contributed by atoms with Crippen LogP contribution in [0, 0.1) is 6.92 Å². The van der Waals surface area contributed by atoms with Crippen LogP contribution in [-0.4, -0.2) is 48.8 Å². The van der Waals surface area contributed by atoms with E-state index >= 15 is 0 Å².